The van der Waals surface area contributed by atoms with Crippen molar-refractivity contribution in [1.82, 2.24) is 5.32 Å². The summed E-state index contributed by atoms with van der Waals surface area (Å²) < 4.78 is 5.66. The van der Waals surface area contributed by atoms with Crippen LogP contribution in [0.25, 0.3) is 0 Å². The summed E-state index contributed by atoms with van der Waals surface area (Å²) in [5.41, 5.74) is 0.537. The lowest BCUT2D eigenvalue weighted by Crippen LogP contribution is -2.44. The van der Waals surface area contributed by atoms with Gasteiger partial charge in [0.1, 0.15) is 0 Å². The van der Waals surface area contributed by atoms with E-state index in [0.29, 0.717) is 5.41 Å². The summed E-state index contributed by atoms with van der Waals surface area (Å²) in [6, 6.07) is 4.39. The highest BCUT2D eigenvalue weighted by molar-refractivity contribution is 7.09. The van der Waals surface area contributed by atoms with Gasteiger partial charge in [0, 0.05) is 29.0 Å². The van der Waals surface area contributed by atoms with Gasteiger partial charge in [0.15, 0.2) is 0 Å². The Morgan fingerprint density at radius 2 is 2.28 bits per heavy atom. The predicted molar refractivity (Wildman–Crippen MR) is 78.3 cm³/mol. The summed E-state index contributed by atoms with van der Waals surface area (Å²) in [4.78, 5) is 1.50. The van der Waals surface area contributed by atoms with Crippen molar-refractivity contribution in [3.8, 4) is 0 Å². The van der Waals surface area contributed by atoms with Gasteiger partial charge in [-0.2, -0.15) is 0 Å². The molecule has 3 heteroatoms. The van der Waals surface area contributed by atoms with Crippen molar-refractivity contribution >= 4 is 11.3 Å². The van der Waals surface area contributed by atoms with Crippen LogP contribution in [0.2, 0.25) is 0 Å². The second-order valence-electron chi connectivity index (χ2n) is 6.49. The first-order chi connectivity index (χ1) is 8.49. The number of rotatable bonds is 5. The molecule has 1 fully saturated rings. The van der Waals surface area contributed by atoms with Crippen LogP contribution in [0.1, 0.15) is 38.5 Å². The van der Waals surface area contributed by atoms with Gasteiger partial charge in [-0.25, -0.2) is 0 Å². The third-order valence-electron chi connectivity index (χ3n) is 3.66. The molecule has 18 heavy (non-hydrogen) atoms. The molecule has 2 rings (SSSR count). The van der Waals surface area contributed by atoms with Gasteiger partial charge in [-0.05, 0) is 51.5 Å². The van der Waals surface area contributed by atoms with E-state index < -0.39 is 0 Å². The number of ether oxygens (including phenoxy) is 1. The van der Waals surface area contributed by atoms with Crippen molar-refractivity contribution in [1.29, 1.82) is 0 Å². The lowest BCUT2D eigenvalue weighted by molar-refractivity contribution is 0.138. The minimum absolute atomic E-state index is 0.193. The third kappa shape index (κ3) is 4.08. The fourth-order valence-corrected chi connectivity index (χ4v) is 3.08. The third-order valence-corrected chi connectivity index (χ3v) is 4.60. The molecule has 0 spiro atoms. The summed E-state index contributed by atoms with van der Waals surface area (Å²) in [5, 5.41) is 5.83. The van der Waals surface area contributed by atoms with Gasteiger partial charge < -0.3 is 10.1 Å². The number of nitrogens with one attached hydrogen (secondary N) is 1. The van der Waals surface area contributed by atoms with E-state index in [-0.39, 0.29) is 5.54 Å². The molecule has 1 aliphatic heterocycles. The van der Waals surface area contributed by atoms with Gasteiger partial charge in [-0.1, -0.05) is 6.07 Å². The van der Waals surface area contributed by atoms with Gasteiger partial charge in [-0.15, -0.1) is 11.3 Å². The second-order valence-corrected chi connectivity index (χ2v) is 7.52. The molecule has 0 aliphatic carbocycles. The van der Waals surface area contributed by atoms with Gasteiger partial charge in [0.05, 0.1) is 6.61 Å². The first kappa shape index (κ1) is 14.0. The highest BCUT2D eigenvalue weighted by Crippen LogP contribution is 2.34. The van der Waals surface area contributed by atoms with Gasteiger partial charge in [-0.3, -0.25) is 0 Å². The Bertz CT molecular complexity index is 347. The molecular weight excluding hydrogens is 242 g/mol. The Labute approximate surface area is 115 Å². The van der Waals surface area contributed by atoms with E-state index in [0.717, 1.165) is 19.8 Å². The van der Waals surface area contributed by atoms with Crippen LogP contribution in [0, 0.1) is 5.41 Å². The lowest BCUT2D eigenvalue weighted by Gasteiger charge is -2.32. The molecule has 2 nitrogen and oxygen atoms in total. The molecule has 1 aliphatic rings. The van der Waals surface area contributed by atoms with Crippen molar-refractivity contribution in [3.63, 3.8) is 0 Å². The Morgan fingerprint density at radius 3 is 2.83 bits per heavy atom. The molecule has 102 valence electrons. The van der Waals surface area contributed by atoms with Crippen molar-refractivity contribution in [2.75, 3.05) is 19.8 Å². The summed E-state index contributed by atoms with van der Waals surface area (Å²) >= 11 is 1.87. The molecular formula is C15H25NOS. The molecule has 1 saturated heterocycles. The highest BCUT2D eigenvalue weighted by atomic mass is 32.1. The van der Waals surface area contributed by atoms with E-state index in [4.69, 9.17) is 4.74 Å². The van der Waals surface area contributed by atoms with Crippen LogP contribution in [0.4, 0.5) is 0 Å². The van der Waals surface area contributed by atoms with Crippen LogP contribution >= 0.6 is 11.3 Å². The molecule has 0 bridgehead atoms. The molecule has 2 heterocycles. The minimum Gasteiger partial charge on any atom is -0.381 e. The van der Waals surface area contributed by atoms with Crippen molar-refractivity contribution in [2.45, 2.75) is 45.6 Å². The van der Waals surface area contributed by atoms with E-state index in [9.17, 15) is 0 Å². The maximum absolute atomic E-state index is 5.66. The molecule has 0 aromatic carbocycles. The molecule has 1 atom stereocenters. The average molecular weight is 267 g/mol. The monoisotopic (exact) mass is 267 g/mol. The first-order valence-corrected chi connectivity index (χ1v) is 7.72. The normalized spacial score (nSPS) is 24.6. The van der Waals surface area contributed by atoms with Crippen LogP contribution in [0.15, 0.2) is 17.5 Å². The number of hydrogen-bond donors (Lipinski definition) is 1. The topological polar surface area (TPSA) is 21.3 Å². The van der Waals surface area contributed by atoms with E-state index in [1.807, 2.05) is 11.3 Å². The van der Waals surface area contributed by atoms with Gasteiger partial charge >= 0.3 is 0 Å². The molecule has 1 N–H and O–H groups in total. The predicted octanol–water partition coefficient (Wildman–Crippen LogP) is 3.48. The smallest absolute Gasteiger partial charge is 0.0535 e. The zero-order valence-electron chi connectivity index (χ0n) is 11.8. The highest BCUT2D eigenvalue weighted by Gasteiger charge is 2.35. The van der Waals surface area contributed by atoms with Crippen molar-refractivity contribution in [2.24, 2.45) is 5.41 Å². The summed E-state index contributed by atoms with van der Waals surface area (Å²) in [6.07, 6.45) is 3.62. The molecule has 1 unspecified atom stereocenters. The Kier molecular flexibility index (Phi) is 4.46. The van der Waals surface area contributed by atoms with Crippen LogP contribution in [0.3, 0.4) is 0 Å². The Balaban J connectivity index is 1.90. The van der Waals surface area contributed by atoms with E-state index in [2.05, 4.69) is 43.6 Å². The standard InChI is InChI=1S/C15H25NOS/c1-14(2,3)16-11-15(8-9-17-12-15)7-6-13-5-4-10-18-13/h4-5,10,16H,6-9,11-12H2,1-3H3. The second kappa shape index (κ2) is 5.72. The van der Waals surface area contributed by atoms with Gasteiger partial charge in [0.25, 0.3) is 0 Å². The van der Waals surface area contributed by atoms with E-state index in [1.54, 1.807) is 0 Å². The van der Waals surface area contributed by atoms with E-state index >= 15 is 0 Å². The molecule has 0 amide bonds. The van der Waals surface area contributed by atoms with Crippen LogP contribution in [0.5, 0.6) is 0 Å². The summed E-state index contributed by atoms with van der Waals surface area (Å²) in [7, 11) is 0. The molecule has 0 radical (unpaired) electrons. The number of hydrogen-bond acceptors (Lipinski definition) is 3. The van der Waals surface area contributed by atoms with Crippen LogP contribution in [-0.2, 0) is 11.2 Å². The number of thiophene rings is 1. The van der Waals surface area contributed by atoms with Crippen LogP contribution < -0.4 is 5.32 Å². The fourth-order valence-electron chi connectivity index (χ4n) is 2.37. The van der Waals surface area contributed by atoms with Crippen LogP contribution in [-0.4, -0.2) is 25.3 Å². The minimum atomic E-state index is 0.193. The zero-order valence-corrected chi connectivity index (χ0v) is 12.6. The largest absolute Gasteiger partial charge is 0.381 e. The summed E-state index contributed by atoms with van der Waals surface area (Å²) in [5.74, 6) is 0. The maximum Gasteiger partial charge on any atom is 0.0535 e. The number of aryl methyl sites for hydroxylation is 1. The Hall–Kier alpha value is -0.380. The molecule has 1 aromatic heterocycles. The quantitative estimate of drug-likeness (QED) is 0.882. The first-order valence-electron chi connectivity index (χ1n) is 6.84. The SMILES string of the molecule is CC(C)(C)NCC1(CCc2cccs2)CCOC1. The van der Waals surface area contributed by atoms with Crippen molar-refractivity contribution in [3.05, 3.63) is 22.4 Å². The van der Waals surface area contributed by atoms with E-state index in [1.165, 1.54) is 24.1 Å². The average Bonchev–Trinajstić information content (AvgIpc) is 2.96. The fraction of sp³-hybridized carbons (Fsp3) is 0.733. The lowest BCUT2D eigenvalue weighted by atomic mass is 9.81. The molecule has 1 aromatic rings. The van der Waals surface area contributed by atoms with Crippen molar-refractivity contribution < 1.29 is 4.74 Å². The Morgan fingerprint density at radius 1 is 1.44 bits per heavy atom. The van der Waals surface area contributed by atoms with Gasteiger partial charge in [0.2, 0.25) is 0 Å². The maximum atomic E-state index is 5.66. The molecule has 0 saturated carbocycles. The zero-order chi connectivity index (χ0) is 13.1. The summed E-state index contributed by atoms with van der Waals surface area (Å²) in [6.45, 7) is 9.61.